The molecule has 0 unspecified atom stereocenters. The first-order valence-corrected chi connectivity index (χ1v) is 6.61. The van der Waals surface area contributed by atoms with Gasteiger partial charge in [-0.3, -0.25) is 0 Å². The predicted octanol–water partition coefficient (Wildman–Crippen LogP) is 4.05. The van der Waals surface area contributed by atoms with E-state index in [4.69, 9.17) is 17.3 Å². The fraction of sp³-hybridized carbons (Fsp3) is 0.154. The monoisotopic (exact) mass is 282 g/mol. The molecule has 18 heavy (non-hydrogen) atoms. The molecule has 0 fully saturated rings. The minimum absolute atomic E-state index is 0.304. The number of hydrogen-bond donors (Lipinski definition) is 1. The Labute approximate surface area is 114 Å². The summed E-state index contributed by atoms with van der Waals surface area (Å²) in [6.45, 7) is 1.75. The second kappa shape index (κ2) is 5.69. The number of benzene rings is 1. The Bertz CT molecular complexity index is 560. The average molecular weight is 283 g/mol. The van der Waals surface area contributed by atoms with Gasteiger partial charge in [0.15, 0.2) is 0 Å². The number of pyridine rings is 1. The van der Waals surface area contributed by atoms with E-state index in [-0.39, 0.29) is 11.9 Å². The van der Waals surface area contributed by atoms with Crippen molar-refractivity contribution in [1.29, 1.82) is 0 Å². The van der Waals surface area contributed by atoms with Crippen LogP contribution in [0.4, 0.5) is 4.39 Å². The summed E-state index contributed by atoms with van der Waals surface area (Å²) < 4.78 is 13.8. The third-order valence-electron chi connectivity index (χ3n) is 2.40. The number of rotatable bonds is 3. The Kier molecular flexibility index (Phi) is 4.22. The molecule has 1 heterocycles. The lowest BCUT2D eigenvalue weighted by atomic mass is 10.1. The SMILES string of the molecule is C[C@H](N)c1c(F)cccc1Sc1ncccc1Cl. The van der Waals surface area contributed by atoms with Gasteiger partial charge in [0, 0.05) is 22.7 Å². The number of halogens is 2. The first-order valence-electron chi connectivity index (χ1n) is 5.42. The molecular weight excluding hydrogens is 271 g/mol. The smallest absolute Gasteiger partial charge is 0.129 e. The normalized spacial score (nSPS) is 12.4. The van der Waals surface area contributed by atoms with Crippen molar-refractivity contribution in [2.75, 3.05) is 0 Å². The molecule has 2 nitrogen and oxygen atoms in total. The Morgan fingerprint density at radius 1 is 1.33 bits per heavy atom. The third-order valence-corrected chi connectivity index (χ3v) is 3.91. The zero-order valence-corrected chi connectivity index (χ0v) is 11.3. The molecule has 2 aromatic rings. The molecule has 5 heteroatoms. The highest BCUT2D eigenvalue weighted by Crippen LogP contribution is 2.36. The maximum Gasteiger partial charge on any atom is 0.129 e. The first-order chi connectivity index (χ1) is 8.59. The van der Waals surface area contributed by atoms with E-state index in [9.17, 15) is 4.39 Å². The van der Waals surface area contributed by atoms with Gasteiger partial charge in [0.2, 0.25) is 0 Å². The second-order valence-electron chi connectivity index (χ2n) is 3.83. The van der Waals surface area contributed by atoms with Crippen molar-refractivity contribution < 1.29 is 4.39 Å². The van der Waals surface area contributed by atoms with E-state index in [0.717, 1.165) is 4.90 Å². The minimum Gasteiger partial charge on any atom is -0.324 e. The second-order valence-corrected chi connectivity index (χ2v) is 5.27. The summed E-state index contributed by atoms with van der Waals surface area (Å²) in [6, 6.07) is 8.00. The van der Waals surface area contributed by atoms with E-state index in [1.807, 2.05) is 6.07 Å². The van der Waals surface area contributed by atoms with Crippen molar-refractivity contribution in [2.45, 2.75) is 22.9 Å². The van der Waals surface area contributed by atoms with Gasteiger partial charge < -0.3 is 5.73 Å². The van der Waals surface area contributed by atoms with E-state index in [0.29, 0.717) is 15.6 Å². The Balaban J connectivity index is 2.41. The topological polar surface area (TPSA) is 38.9 Å². The van der Waals surface area contributed by atoms with Gasteiger partial charge in [0.25, 0.3) is 0 Å². The van der Waals surface area contributed by atoms with E-state index in [2.05, 4.69) is 4.98 Å². The highest BCUT2D eigenvalue weighted by atomic mass is 35.5. The molecule has 0 radical (unpaired) electrons. The summed E-state index contributed by atoms with van der Waals surface area (Å²) in [6.07, 6.45) is 1.65. The lowest BCUT2D eigenvalue weighted by Crippen LogP contribution is -2.09. The van der Waals surface area contributed by atoms with Crippen LogP contribution in [-0.2, 0) is 0 Å². The van der Waals surface area contributed by atoms with E-state index in [1.165, 1.54) is 17.8 Å². The molecule has 0 aliphatic heterocycles. The standard InChI is InChI=1S/C13H12ClFN2S/c1-8(16)12-10(15)5-2-6-11(12)18-13-9(14)4-3-7-17-13/h2-8H,16H2,1H3/t8-/m0/s1. The largest absolute Gasteiger partial charge is 0.324 e. The maximum atomic E-state index is 13.8. The van der Waals surface area contributed by atoms with Gasteiger partial charge in [-0.05, 0) is 31.2 Å². The fourth-order valence-electron chi connectivity index (χ4n) is 1.60. The zero-order chi connectivity index (χ0) is 13.1. The van der Waals surface area contributed by atoms with Crippen molar-refractivity contribution >= 4 is 23.4 Å². The van der Waals surface area contributed by atoms with Crippen LogP contribution in [0.15, 0.2) is 46.5 Å². The number of nitrogens with two attached hydrogens (primary N) is 1. The van der Waals surface area contributed by atoms with Crippen LogP contribution in [-0.4, -0.2) is 4.98 Å². The lowest BCUT2D eigenvalue weighted by molar-refractivity contribution is 0.585. The van der Waals surface area contributed by atoms with Crippen LogP contribution in [0.1, 0.15) is 18.5 Å². The quantitative estimate of drug-likeness (QED) is 0.923. The van der Waals surface area contributed by atoms with E-state index >= 15 is 0 Å². The summed E-state index contributed by atoms with van der Waals surface area (Å²) in [7, 11) is 0. The highest BCUT2D eigenvalue weighted by molar-refractivity contribution is 7.99. The molecule has 1 atom stereocenters. The van der Waals surface area contributed by atoms with Crippen LogP contribution < -0.4 is 5.73 Å². The summed E-state index contributed by atoms with van der Waals surface area (Å²) in [5.41, 5.74) is 6.29. The van der Waals surface area contributed by atoms with Crippen LogP contribution in [0.3, 0.4) is 0 Å². The molecular formula is C13H12ClFN2S. The lowest BCUT2D eigenvalue weighted by Gasteiger charge is -2.13. The van der Waals surface area contributed by atoms with E-state index in [1.54, 1.807) is 31.3 Å². The molecule has 0 bridgehead atoms. The van der Waals surface area contributed by atoms with Gasteiger partial charge in [-0.25, -0.2) is 9.37 Å². The Hall–Kier alpha value is -1.10. The molecule has 2 N–H and O–H groups in total. The van der Waals surface area contributed by atoms with Crippen LogP contribution in [0.25, 0.3) is 0 Å². The fourth-order valence-corrected chi connectivity index (χ4v) is 2.86. The average Bonchev–Trinajstić information content (AvgIpc) is 2.31. The van der Waals surface area contributed by atoms with Crippen LogP contribution >= 0.6 is 23.4 Å². The summed E-state index contributed by atoms with van der Waals surface area (Å²) in [4.78, 5) is 4.91. The number of aromatic nitrogens is 1. The van der Waals surface area contributed by atoms with Crippen LogP contribution in [0.2, 0.25) is 5.02 Å². The molecule has 0 aliphatic carbocycles. The van der Waals surface area contributed by atoms with Crippen LogP contribution in [0, 0.1) is 5.82 Å². The van der Waals surface area contributed by atoms with Crippen molar-refractivity contribution in [3.05, 3.63) is 52.9 Å². The molecule has 1 aromatic carbocycles. The molecule has 94 valence electrons. The maximum absolute atomic E-state index is 13.8. The van der Waals surface area contributed by atoms with Gasteiger partial charge in [-0.15, -0.1) is 0 Å². The molecule has 2 rings (SSSR count). The molecule has 0 saturated carbocycles. The zero-order valence-electron chi connectivity index (χ0n) is 9.73. The molecule has 0 aliphatic rings. The summed E-state index contributed by atoms with van der Waals surface area (Å²) >= 11 is 7.36. The molecule has 0 spiro atoms. The van der Waals surface area contributed by atoms with E-state index < -0.39 is 0 Å². The summed E-state index contributed by atoms with van der Waals surface area (Å²) in [5, 5.41) is 1.19. The number of nitrogens with zero attached hydrogens (tertiary/aromatic N) is 1. The van der Waals surface area contributed by atoms with Crippen molar-refractivity contribution in [1.82, 2.24) is 4.98 Å². The summed E-state index contributed by atoms with van der Waals surface area (Å²) in [5.74, 6) is -0.304. The van der Waals surface area contributed by atoms with Crippen molar-refractivity contribution in [3.63, 3.8) is 0 Å². The third kappa shape index (κ3) is 2.83. The van der Waals surface area contributed by atoms with Gasteiger partial charge in [0.1, 0.15) is 10.8 Å². The predicted molar refractivity (Wildman–Crippen MR) is 72.4 cm³/mol. The van der Waals surface area contributed by atoms with Gasteiger partial charge >= 0.3 is 0 Å². The van der Waals surface area contributed by atoms with Gasteiger partial charge in [-0.1, -0.05) is 29.4 Å². The first kappa shape index (κ1) is 13.3. The van der Waals surface area contributed by atoms with Crippen LogP contribution in [0.5, 0.6) is 0 Å². The highest BCUT2D eigenvalue weighted by Gasteiger charge is 2.14. The van der Waals surface area contributed by atoms with Gasteiger partial charge in [-0.2, -0.15) is 0 Å². The van der Waals surface area contributed by atoms with Crippen molar-refractivity contribution in [2.24, 2.45) is 5.73 Å². The Morgan fingerprint density at radius 2 is 2.11 bits per heavy atom. The molecule has 0 amide bonds. The molecule has 1 aromatic heterocycles. The Morgan fingerprint density at radius 3 is 2.78 bits per heavy atom. The van der Waals surface area contributed by atoms with Crippen molar-refractivity contribution in [3.8, 4) is 0 Å². The van der Waals surface area contributed by atoms with Gasteiger partial charge in [0.05, 0.1) is 5.02 Å². The minimum atomic E-state index is -0.379. The molecule has 0 saturated heterocycles. The number of hydrogen-bond acceptors (Lipinski definition) is 3.